The minimum Gasteiger partial charge on any atom is -0.481 e. The Hall–Kier alpha value is -1.85. The molecule has 1 heterocycles. The van der Waals surface area contributed by atoms with Crippen molar-refractivity contribution >= 4 is 11.9 Å². The van der Waals surface area contributed by atoms with Crippen molar-refractivity contribution in [3.63, 3.8) is 0 Å². The van der Waals surface area contributed by atoms with Gasteiger partial charge in [-0.25, -0.2) is 4.98 Å². The van der Waals surface area contributed by atoms with Gasteiger partial charge in [0.1, 0.15) is 0 Å². The Morgan fingerprint density at radius 1 is 1.56 bits per heavy atom. The first kappa shape index (κ1) is 12.2. The van der Waals surface area contributed by atoms with E-state index in [2.05, 4.69) is 10.3 Å². The lowest BCUT2D eigenvalue weighted by Gasteiger charge is -2.23. The van der Waals surface area contributed by atoms with Crippen molar-refractivity contribution in [1.29, 1.82) is 0 Å². The minimum atomic E-state index is -0.973. The van der Waals surface area contributed by atoms with E-state index in [1.54, 1.807) is 20.8 Å². The fraction of sp³-hybridized carbons (Fsp3) is 0.500. The van der Waals surface area contributed by atoms with E-state index in [1.807, 2.05) is 0 Å². The maximum Gasteiger partial charge on any atom is 0.305 e. The second-order valence-corrected chi connectivity index (χ2v) is 4.18. The Balaban J connectivity index is 2.71. The summed E-state index contributed by atoms with van der Waals surface area (Å²) in [6.45, 7) is 4.90. The van der Waals surface area contributed by atoms with Crippen molar-refractivity contribution in [1.82, 2.24) is 10.3 Å². The molecule has 0 fully saturated rings. The maximum absolute atomic E-state index is 11.7. The lowest BCUT2D eigenvalue weighted by Crippen LogP contribution is -2.45. The molecule has 16 heavy (non-hydrogen) atoms. The molecule has 0 saturated carbocycles. The number of hydrogen-bond donors (Lipinski definition) is 2. The highest BCUT2D eigenvalue weighted by Crippen LogP contribution is 2.11. The number of aliphatic carboxylic acids is 1. The molecule has 6 heteroatoms. The average Bonchev–Trinajstić information content (AvgIpc) is 2.47. The van der Waals surface area contributed by atoms with Gasteiger partial charge in [0, 0.05) is 5.54 Å². The normalized spacial score (nSPS) is 11.2. The Morgan fingerprint density at radius 3 is 2.62 bits per heavy atom. The molecule has 1 aromatic rings. The number of carboxylic acids is 1. The third kappa shape index (κ3) is 3.08. The smallest absolute Gasteiger partial charge is 0.305 e. The van der Waals surface area contributed by atoms with Gasteiger partial charge >= 0.3 is 5.97 Å². The van der Waals surface area contributed by atoms with Crippen molar-refractivity contribution < 1.29 is 19.1 Å². The van der Waals surface area contributed by atoms with Crippen molar-refractivity contribution in [3.05, 3.63) is 17.8 Å². The number of nitrogens with zero attached hydrogens (tertiary/aromatic N) is 1. The Bertz CT molecular complexity index is 409. The third-order valence-electron chi connectivity index (χ3n) is 2.00. The van der Waals surface area contributed by atoms with Crippen LogP contribution in [0.25, 0.3) is 0 Å². The summed E-state index contributed by atoms with van der Waals surface area (Å²) in [5, 5.41) is 11.2. The van der Waals surface area contributed by atoms with Gasteiger partial charge in [0.2, 0.25) is 5.76 Å². The van der Waals surface area contributed by atoms with E-state index in [1.165, 1.54) is 6.39 Å². The Kier molecular flexibility index (Phi) is 3.31. The van der Waals surface area contributed by atoms with Gasteiger partial charge in [-0.3, -0.25) is 9.59 Å². The molecule has 0 bridgehead atoms. The van der Waals surface area contributed by atoms with Gasteiger partial charge in [-0.2, -0.15) is 0 Å². The molecule has 0 aromatic carbocycles. The van der Waals surface area contributed by atoms with Crippen molar-refractivity contribution in [2.75, 3.05) is 0 Å². The van der Waals surface area contributed by atoms with Crippen molar-refractivity contribution in [2.45, 2.75) is 32.7 Å². The first-order valence-electron chi connectivity index (χ1n) is 4.76. The number of rotatable bonds is 4. The number of nitrogens with one attached hydrogen (secondary N) is 1. The van der Waals surface area contributed by atoms with Crippen LogP contribution in [-0.2, 0) is 4.79 Å². The maximum atomic E-state index is 11.7. The van der Waals surface area contributed by atoms with Gasteiger partial charge in [-0.1, -0.05) is 0 Å². The second kappa shape index (κ2) is 4.34. The summed E-state index contributed by atoms with van der Waals surface area (Å²) in [7, 11) is 0. The van der Waals surface area contributed by atoms with Crippen LogP contribution in [0.2, 0.25) is 0 Å². The molecule has 1 rings (SSSR count). The molecule has 0 saturated heterocycles. The molecule has 88 valence electrons. The van der Waals surface area contributed by atoms with Gasteiger partial charge in [0.05, 0.1) is 12.1 Å². The predicted octanol–water partition coefficient (Wildman–Crippen LogP) is 0.966. The summed E-state index contributed by atoms with van der Waals surface area (Å²) >= 11 is 0. The highest BCUT2D eigenvalue weighted by molar-refractivity contribution is 5.93. The van der Waals surface area contributed by atoms with Crippen LogP contribution in [0.5, 0.6) is 0 Å². The third-order valence-corrected chi connectivity index (χ3v) is 2.00. The fourth-order valence-electron chi connectivity index (χ4n) is 1.31. The van der Waals surface area contributed by atoms with Crippen LogP contribution >= 0.6 is 0 Å². The quantitative estimate of drug-likeness (QED) is 0.797. The van der Waals surface area contributed by atoms with Crippen molar-refractivity contribution in [3.8, 4) is 0 Å². The zero-order chi connectivity index (χ0) is 12.3. The molecule has 0 aliphatic heterocycles. The van der Waals surface area contributed by atoms with E-state index < -0.39 is 17.4 Å². The van der Waals surface area contributed by atoms with Gasteiger partial charge < -0.3 is 14.8 Å². The largest absolute Gasteiger partial charge is 0.481 e. The van der Waals surface area contributed by atoms with Gasteiger partial charge in [0.15, 0.2) is 6.39 Å². The zero-order valence-corrected chi connectivity index (χ0v) is 9.40. The molecule has 0 aliphatic carbocycles. The van der Waals surface area contributed by atoms with E-state index in [0.29, 0.717) is 5.69 Å². The van der Waals surface area contributed by atoms with Gasteiger partial charge in [-0.05, 0) is 20.8 Å². The standard InChI is InChI=1S/C10H14N2O4/c1-6-8(16-5-11-6)9(15)12-10(2,3)4-7(13)14/h5H,4H2,1-3H3,(H,12,15)(H,13,14). The van der Waals surface area contributed by atoms with Crippen LogP contribution in [0.3, 0.4) is 0 Å². The molecular formula is C10H14N2O4. The van der Waals surface area contributed by atoms with Crippen LogP contribution in [-0.4, -0.2) is 27.5 Å². The Morgan fingerprint density at radius 2 is 2.19 bits per heavy atom. The van der Waals surface area contributed by atoms with E-state index in [0.717, 1.165) is 0 Å². The summed E-state index contributed by atoms with van der Waals surface area (Å²) < 4.78 is 4.91. The summed E-state index contributed by atoms with van der Waals surface area (Å²) in [4.78, 5) is 26.0. The first-order valence-corrected chi connectivity index (χ1v) is 4.76. The van der Waals surface area contributed by atoms with Crippen LogP contribution in [0, 0.1) is 6.92 Å². The second-order valence-electron chi connectivity index (χ2n) is 4.18. The molecule has 0 unspecified atom stereocenters. The van der Waals surface area contributed by atoms with E-state index in [9.17, 15) is 9.59 Å². The average molecular weight is 226 g/mol. The number of aryl methyl sites for hydroxylation is 1. The lowest BCUT2D eigenvalue weighted by atomic mass is 10.0. The number of carbonyl (C=O) groups excluding carboxylic acids is 1. The molecule has 6 nitrogen and oxygen atoms in total. The van der Waals surface area contributed by atoms with Crippen LogP contribution < -0.4 is 5.32 Å². The summed E-state index contributed by atoms with van der Waals surface area (Å²) in [6, 6.07) is 0. The number of oxazole rings is 1. The highest BCUT2D eigenvalue weighted by Gasteiger charge is 2.26. The highest BCUT2D eigenvalue weighted by atomic mass is 16.4. The number of aromatic nitrogens is 1. The van der Waals surface area contributed by atoms with E-state index >= 15 is 0 Å². The molecule has 1 aromatic heterocycles. The molecule has 1 amide bonds. The van der Waals surface area contributed by atoms with Crippen molar-refractivity contribution in [2.24, 2.45) is 0 Å². The van der Waals surface area contributed by atoms with E-state index in [-0.39, 0.29) is 12.2 Å². The van der Waals surface area contributed by atoms with Crippen LogP contribution in [0.15, 0.2) is 10.8 Å². The number of hydrogen-bond acceptors (Lipinski definition) is 4. The van der Waals surface area contributed by atoms with Crippen LogP contribution in [0.4, 0.5) is 0 Å². The molecule has 0 spiro atoms. The molecule has 0 aliphatic rings. The monoisotopic (exact) mass is 226 g/mol. The van der Waals surface area contributed by atoms with Crippen LogP contribution in [0.1, 0.15) is 36.5 Å². The van der Waals surface area contributed by atoms with Gasteiger partial charge in [0.25, 0.3) is 5.91 Å². The summed E-state index contributed by atoms with van der Waals surface area (Å²) in [6.07, 6.45) is 1.01. The lowest BCUT2D eigenvalue weighted by molar-refractivity contribution is -0.138. The molecule has 2 N–H and O–H groups in total. The topological polar surface area (TPSA) is 92.4 Å². The first-order chi connectivity index (χ1) is 7.32. The molecule has 0 radical (unpaired) electrons. The van der Waals surface area contributed by atoms with E-state index in [4.69, 9.17) is 9.52 Å². The Labute approximate surface area is 92.7 Å². The zero-order valence-electron chi connectivity index (χ0n) is 9.40. The molecule has 0 atom stereocenters. The summed E-state index contributed by atoms with van der Waals surface area (Å²) in [5.74, 6) is -1.32. The number of amides is 1. The molecular weight excluding hydrogens is 212 g/mol. The van der Waals surface area contributed by atoms with Gasteiger partial charge in [-0.15, -0.1) is 0 Å². The predicted molar refractivity (Wildman–Crippen MR) is 55.0 cm³/mol. The number of carbonyl (C=O) groups is 2. The fourth-order valence-corrected chi connectivity index (χ4v) is 1.31. The summed E-state index contributed by atoms with van der Waals surface area (Å²) in [5.41, 5.74) is -0.356. The number of carboxylic acid groups (broad SMARTS) is 1. The SMILES string of the molecule is Cc1ncoc1C(=O)NC(C)(C)CC(=O)O. The minimum absolute atomic E-state index is 0.110.